The zero-order chi connectivity index (χ0) is 23.4. The van der Waals surface area contributed by atoms with E-state index in [0.717, 1.165) is 18.5 Å². The number of hydrogen-bond donors (Lipinski definition) is 2. The number of fused-ring (bicyclic) bond motifs is 2. The van der Waals surface area contributed by atoms with E-state index < -0.39 is 11.7 Å². The Kier molecular flexibility index (Phi) is 5.12. The van der Waals surface area contributed by atoms with Crippen LogP contribution in [0.5, 0.6) is 5.75 Å². The van der Waals surface area contributed by atoms with Gasteiger partial charge in [0, 0.05) is 42.1 Å². The van der Waals surface area contributed by atoms with Crippen molar-refractivity contribution in [1.29, 1.82) is 0 Å². The van der Waals surface area contributed by atoms with Crippen LogP contribution < -0.4 is 10.2 Å². The van der Waals surface area contributed by atoms with Crippen LogP contribution in [0.3, 0.4) is 0 Å². The minimum Gasteiger partial charge on any atom is -0.507 e. The maximum atomic E-state index is 15.7. The van der Waals surface area contributed by atoms with Gasteiger partial charge in [0.2, 0.25) is 5.95 Å². The molecule has 2 N–H and O–H groups in total. The molecule has 2 aliphatic heterocycles. The summed E-state index contributed by atoms with van der Waals surface area (Å²) in [6.07, 6.45) is 8.16. The first-order valence-electron chi connectivity index (χ1n) is 11.4. The average molecular weight is 452 g/mol. The topological polar surface area (TPSA) is 92.0 Å². The summed E-state index contributed by atoms with van der Waals surface area (Å²) in [5.74, 6) is 0.931. The summed E-state index contributed by atoms with van der Waals surface area (Å²) < 4.78 is 17.5. The molecule has 3 aromatic rings. The van der Waals surface area contributed by atoms with E-state index in [1.54, 1.807) is 41.6 Å². The Hall–Kier alpha value is -3.07. The Morgan fingerprint density at radius 2 is 2.03 bits per heavy atom. The van der Waals surface area contributed by atoms with Gasteiger partial charge in [-0.25, -0.2) is 14.4 Å². The van der Waals surface area contributed by atoms with Crippen molar-refractivity contribution in [2.75, 3.05) is 11.9 Å². The molecule has 2 saturated heterocycles. The molecule has 5 rings (SSSR count). The molecule has 0 saturated carbocycles. The van der Waals surface area contributed by atoms with Crippen molar-refractivity contribution < 1.29 is 9.50 Å². The van der Waals surface area contributed by atoms with Crippen LogP contribution in [0.25, 0.3) is 16.9 Å². The molecule has 174 valence electrons. The third-order valence-electron chi connectivity index (χ3n) is 7.19. The van der Waals surface area contributed by atoms with Gasteiger partial charge in [0.1, 0.15) is 17.6 Å². The predicted octanol–water partition coefficient (Wildman–Crippen LogP) is 3.51. The Labute approximate surface area is 192 Å². The van der Waals surface area contributed by atoms with Crippen LogP contribution in [0.1, 0.15) is 40.0 Å². The lowest BCUT2D eigenvalue weighted by molar-refractivity contribution is -0.0178. The van der Waals surface area contributed by atoms with E-state index in [-0.39, 0.29) is 17.3 Å². The Morgan fingerprint density at radius 1 is 1.21 bits per heavy atom. The summed E-state index contributed by atoms with van der Waals surface area (Å²) in [7, 11) is 1.84. The Balaban J connectivity index is 1.38. The van der Waals surface area contributed by atoms with Crippen molar-refractivity contribution in [1.82, 2.24) is 30.0 Å². The maximum Gasteiger partial charge on any atom is 0.245 e. The maximum absolute atomic E-state index is 15.7. The highest BCUT2D eigenvalue weighted by Crippen LogP contribution is 2.45. The third kappa shape index (κ3) is 3.84. The lowest BCUT2D eigenvalue weighted by Gasteiger charge is -2.58. The Bertz CT molecular complexity index is 1140. The standard InChI is InChI=1S/C24H30FN7O/c1-15-10-23(2)12-19(21(25)24(3,11-15)30-23)31(4)22-27-13-18(28-29-22)17-6-5-16(9-20(17)33)32-8-7-26-14-32/h5-9,13-15,19,21,30,33H,10-12H2,1-4H3/t15?,19-,21+,23-,24+/m0/s1. The van der Waals surface area contributed by atoms with Gasteiger partial charge in [-0.05, 0) is 51.2 Å². The number of aromatic hydroxyl groups is 1. The molecular weight excluding hydrogens is 421 g/mol. The molecule has 2 fully saturated rings. The smallest absolute Gasteiger partial charge is 0.245 e. The van der Waals surface area contributed by atoms with E-state index >= 15 is 4.39 Å². The van der Waals surface area contributed by atoms with Gasteiger partial charge in [0.05, 0.1) is 24.3 Å². The van der Waals surface area contributed by atoms with E-state index in [2.05, 4.69) is 39.3 Å². The SMILES string of the molecule is CC1C[C@@]2(C)C[C@H](N(C)c3ncc(-c4ccc(-n5ccnc5)cc4O)nn3)[C@@H](F)[C@@](C)(C1)N2. The molecule has 2 bridgehead atoms. The van der Waals surface area contributed by atoms with E-state index in [0.29, 0.717) is 29.5 Å². The quantitative estimate of drug-likeness (QED) is 0.627. The first-order chi connectivity index (χ1) is 15.7. The van der Waals surface area contributed by atoms with Gasteiger partial charge in [-0.3, -0.25) is 0 Å². The van der Waals surface area contributed by atoms with Gasteiger partial charge in [-0.2, -0.15) is 0 Å². The van der Waals surface area contributed by atoms with Crippen LogP contribution in [-0.2, 0) is 0 Å². The van der Waals surface area contributed by atoms with Crippen LogP contribution in [-0.4, -0.2) is 60.2 Å². The molecule has 2 aromatic heterocycles. The van der Waals surface area contributed by atoms with Crippen LogP contribution in [0.2, 0.25) is 0 Å². The average Bonchev–Trinajstić information content (AvgIpc) is 3.30. The molecule has 0 radical (unpaired) electrons. The van der Waals surface area contributed by atoms with Crippen molar-refractivity contribution >= 4 is 5.95 Å². The molecule has 8 nitrogen and oxygen atoms in total. The fourth-order valence-corrected chi connectivity index (χ4v) is 6.01. The molecular formula is C24H30FN7O. The molecule has 4 heterocycles. The highest BCUT2D eigenvalue weighted by atomic mass is 19.1. The number of halogens is 1. The van der Waals surface area contributed by atoms with Gasteiger partial charge in [0.25, 0.3) is 0 Å². The number of anilines is 1. The first kappa shape index (κ1) is 21.8. The van der Waals surface area contributed by atoms with Crippen molar-refractivity contribution in [2.45, 2.75) is 63.3 Å². The second-order valence-corrected chi connectivity index (χ2v) is 10.2. The number of phenolic OH excluding ortho intramolecular Hbond substituents is 1. The van der Waals surface area contributed by atoms with E-state index in [4.69, 9.17) is 0 Å². The van der Waals surface area contributed by atoms with Crippen molar-refractivity contribution in [3.63, 3.8) is 0 Å². The molecule has 0 spiro atoms. The molecule has 0 aliphatic carbocycles. The molecule has 5 atom stereocenters. The van der Waals surface area contributed by atoms with Crippen molar-refractivity contribution in [3.05, 3.63) is 43.1 Å². The number of nitrogens with zero attached hydrogens (tertiary/aromatic N) is 6. The summed E-state index contributed by atoms with van der Waals surface area (Å²) in [4.78, 5) is 10.3. The molecule has 2 aliphatic rings. The fourth-order valence-electron chi connectivity index (χ4n) is 6.01. The largest absolute Gasteiger partial charge is 0.507 e. The van der Waals surface area contributed by atoms with Gasteiger partial charge < -0.3 is 19.9 Å². The monoisotopic (exact) mass is 451 g/mol. The summed E-state index contributed by atoms with van der Waals surface area (Å²) in [6, 6.07) is 4.93. The van der Waals surface area contributed by atoms with Crippen molar-refractivity contribution in [3.8, 4) is 22.7 Å². The minimum absolute atomic E-state index is 0.0726. The molecule has 9 heteroatoms. The number of hydrogen-bond acceptors (Lipinski definition) is 7. The fraction of sp³-hybridized carbons (Fsp3) is 0.500. The number of nitrogens with one attached hydrogen (secondary N) is 1. The highest BCUT2D eigenvalue weighted by molar-refractivity contribution is 5.68. The summed E-state index contributed by atoms with van der Waals surface area (Å²) in [6.45, 7) is 6.38. The highest BCUT2D eigenvalue weighted by Gasteiger charge is 2.55. The zero-order valence-corrected chi connectivity index (χ0v) is 19.4. The van der Waals surface area contributed by atoms with E-state index in [9.17, 15) is 5.11 Å². The van der Waals surface area contributed by atoms with Gasteiger partial charge in [0.15, 0.2) is 0 Å². The second kappa shape index (κ2) is 7.76. The summed E-state index contributed by atoms with van der Waals surface area (Å²) in [5, 5.41) is 22.7. The van der Waals surface area contributed by atoms with E-state index in [1.807, 2.05) is 24.9 Å². The lowest BCUT2D eigenvalue weighted by atomic mass is 9.64. The normalized spacial score (nSPS) is 31.4. The van der Waals surface area contributed by atoms with Crippen LogP contribution in [0.15, 0.2) is 43.1 Å². The van der Waals surface area contributed by atoms with Crippen molar-refractivity contribution in [2.24, 2.45) is 5.92 Å². The first-order valence-corrected chi connectivity index (χ1v) is 11.4. The summed E-state index contributed by atoms with van der Waals surface area (Å²) >= 11 is 0. The molecule has 1 unspecified atom stereocenters. The third-order valence-corrected chi connectivity index (χ3v) is 7.19. The number of benzene rings is 1. The zero-order valence-electron chi connectivity index (χ0n) is 19.4. The van der Waals surface area contributed by atoms with Gasteiger partial charge in [-0.15, -0.1) is 10.2 Å². The number of piperidine rings is 2. The van der Waals surface area contributed by atoms with Gasteiger partial charge >= 0.3 is 0 Å². The predicted molar refractivity (Wildman–Crippen MR) is 124 cm³/mol. The number of imidazole rings is 1. The summed E-state index contributed by atoms with van der Waals surface area (Å²) in [5.41, 5.74) is 1.08. The second-order valence-electron chi connectivity index (χ2n) is 10.2. The lowest BCUT2D eigenvalue weighted by Crippen LogP contribution is -2.73. The number of rotatable bonds is 4. The number of phenols is 1. The van der Waals surface area contributed by atoms with Crippen LogP contribution in [0, 0.1) is 5.92 Å². The van der Waals surface area contributed by atoms with Crippen LogP contribution >= 0.6 is 0 Å². The minimum atomic E-state index is -1.05. The number of aromatic nitrogens is 5. The number of alkyl halides is 1. The van der Waals surface area contributed by atoms with E-state index in [1.165, 1.54) is 0 Å². The van der Waals surface area contributed by atoms with Crippen LogP contribution in [0.4, 0.5) is 10.3 Å². The molecule has 1 aromatic carbocycles. The Morgan fingerprint density at radius 3 is 2.70 bits per heavy atom. The molecule has 33 heavy (non-hydrogen) atoms. The van der Waals surface area contributed by atoms with Gasteiger partial charge in [-0.1, -0.05) is 6.92 Å². The molecule has 0 amide bonds.